The molecule has 7 nitrogen and oxygen atoms in total. The molecule has 0 unspecified atom stereocenters. The predicted molar refractivity (Wildman–Crippen MR) is 73.3 cm³/mol. The first-order valence-corrected chi connectivity index (χ1v) is 5.87. The maximum atomic E-state index is 5.29. The predicted octanol–water partition coefficient (Wildman–Crippen LogP) is 1.47. The van der Waals surface area contributed by atoms with Crippen LogP contribution in [0, 0.1) is 0 Å². The Hall–Kier alpha value is -2.41. The van der Waals surface area contributed by atoms with Gasteiger partial charge in [0.15, 0.2) is 0 Å². The van der Waals surface area contributed by atoms with Crippen molar-refractivity contribution in [1.29, 1.82) is 0 Å². The zero-order valence-electron chi connectivity index (χ0n) is 10.8. The minimum atomic E-state index is 0.190. The SMILES string of the molecule is CCc1ccc(Nc2nc(NN)nc(OC)n2)cc1. The number of methoxy groups -OCH3 is 1. The van der Waals surface area contributed by atoms with E-state index in [4.69, 9.17) is 10.6 Å². The molecular formula is C12H16N6O. The fourth-order valence-electron chi connectivity index (χ4n) is 1.52. The highest BCUT2D eigenvalue weighted by Gasteiger charge is 2.06. The van der Waals surface area contributed by atoms with Crippen molar-refractivity contribution < 1.29 is 4.74 Å². The van der Waals surface area contributed by atoms with Gasteiger partial charge in [-0.15, -0.1) is 0 Å². The molecule has 1 aromatic heterocycles. The summed E-state index contributed by atoms with van der Waals surface area (Å²) in [5.41, 5.74) is 4.51. The van der Waals surface area contributed by atoms with Gasteiger partial charge in [-0.3, -0.25) is 5.43 Å². The molecule has 1 aromatic carbocycles. The zero-order chi connectivity index (χ0) is 13.7. The second-order valence-electron chi connectivity index (χ2n) is 3.79. The van der Waals surface area contributed by atoms with Crippen LogP contribution in [0.25, 0.3) is 0 Å². The Morgan fingerprint density at radius 3 is 2.37 bits per heavy atom. The van der Waals surface area contributed by atoms with E-state index in [1.54, 1.807) is 0 Å². The molecule has 4 N–H and O–H groups in total. The van der Waals surface area contributed by atoms with E-state index in [2.05, 4.69) is 32.6 Å². The lowest BCUT2D eigenvalue weighted by atomic mass is 10.1. The van der Waals surface area contributed by atoms with Crippen molar-refractivity contribution in [1.82, 2.24) is 15.0 Å². The number of hydrogen-bond donors (Lipinski definition) is 3. The van der Waals surface area contributed by atoms with Crippen molar-refractivity contribution in [2.75, 3.05) is 17.9 Å². The van der Waals surface area contributed by atoms with Gasteiger partial charge < -0.3 is 10.1 Å². The van der Waals surface area contributed by atoms with E-state index in [-0.39, 0.29) is 12.0 Å². The summed E-state index contributed by atoms with van der Waals surface area (Å²) in [6.07, 6.45) is 1.00. The van der Waals surface area contributed by atoms with Gasteiger partial charge in [-0.25, -0.2) is 5.84 Å². The number of rotatable bonds is 5. The Morgan fingerprint density at radius 1 is 1.11 bits per heavy atom. The number of hydrogen-bond acceptors (Lipinski definition) is 7. The summed E-state index contributed by atoms with van der Waals surface area (Å²) in [5, 5.41) is 3.07. The summed E-state index contributed by atoms with van der Waals surface area (Å²) in [4.78, 5) is 12.1. The lowest BCUT2D eigenvalue weighted by Gasteiger charge is -2.08. The number of aryl methyl sites for hydroxylation is 1. The van der Waals surface area contributed by atoms with Crippen LogP contribution in [-0.2, 0) is 6.42 Å². The second kappa shape index (κ2) is 5.96. The van der Waals surface area contributed by atoms with Crippen LogP contribution < -0.4 is 21.3 Å². The van der Waals surface area contributed by atoms with Crippen molar-refractivity contribution in [2.45, 2.75) is 13.3 Å². The molecule has 0 radical (unpaired) electrons. The van der Waals surface area contributed by atoms with E-state index in [0.29, 0.717) is 5.95 Å². The summed E-state index contributed by atoms with van der Waals surface area (Å²) < 4.78 is 4.97. The van der Waals surface area contributed by atoms with Crippen molar-refractivity contribution in [3.05, 3.63) is 29.8 Å². The van der Waals surface area contributed by atoms with Crippen LogP contribution in [0.4, 0.5) is 17.6 Å². The number of aromatic nitrogens is 3. The minimum absolute atomic E-state index is 0.190. The average molecular weight is 260 g/mol. The number of nitrogens with two attached hydrogens (primary N) is 1. The van der Waals surface area contributed by atoms with E-state index in [9.17, 15) is 0 Å². The maximum absolute atomic E-state index is 5.29. The van der Waals surface area contributed by atoms with E-state index in [1.807, 2.05) is 24.3 Å². The molecule has 0 bridgehead atoms. The Balaban J connectivity index is 2.21. The van der Waals surface area contributed by atoms with E-state index in [0.717, 1.165) is 12.1 Å². The number of anilines is 3. The van der Waals surface area contributed by atoms with E-state index in [1.165, 1.54) is 12.7 Å². The van der Waals surface area contributed by atoms with Crippen molar-refractivity contribution >= 4 is 17.6 Å². The quantitative estimate of drug-likeness (QED) is 0.553. The minimum Gasteiger partial charge on any atom is -0.467 e. The molecule has 0 saturated heterocycles. The Labute approximate surface area is 111 Å². The molecule has 0 spiro atoms. The van der Waals surface area contributed by atoms with Crippen molar-refractivity contribution in [3.8, 4) is 6.01 Å². The molecule has 0 saturated carbocycles. The third kappa shape index (κ3) is 3.29. The van der Waals surface area contributed by atoms with Gasteiger partial charge >= 0.3 is 6.01 Å². The van der Waals surface area contributed by atoms with E-state index >= 15 is 0 Å². The first kappa shape index (κ1) is 13.0. The van der Waals surface area contributed by atoms with Crippen LogP contribution >= 0.6 is 0 Å². The van der Waals surface area contributed by atoms with Crippen LogP contribution in [0.15, 0.2) is 24.3 Å². The van der Waals surface area contributed by atoms with Gasteiger partial charge in [0.05, 0.1) is 7.11 Å². The molecule has 7 heteroatoms. The largest absolute Gasteiger partial charge is 0.467 e. The van der Waals surface area contributed by atoms with Gasteiger partial charge in [0, 0.05) is 5.69 Å². The van der Waals surface area contributed by atoms with Crippen molar-refractivity contribution in [2.24, 2.45) is 5.84 Å². The van der Waals surface area contributed by atoms with Gasteiger partial charge in [0.1, 0.15) is 0 Å². The average Bonchev–Trinajstić information content (AvgIpc) is 2.47. The standard InChI is InChI=1S/C12H16N6O/c1-3-8-4-6-9(7-5-8)14-10-15-11(18-13)17-12(16-10)19-2/h4-7H,3,13H2,1-2H3,(H2,14,15,16,17,18). The monoisotopic (exact) mass is 260 g/mol. The lowest BCUT2D eigenvalue weighted by molar-refractivity contribution is 0.379. The topological polar surface area (TPSA) is 98.0 Å². The molecule has 0 aliphatic heterocycles. The summed E-state index contributed by atoms with van der Waals surface area (Å²) in [7, 11) is 1.48. The molecule has 19 heavy (non-hydrogen) atoms. The Bertz CT molecular complexity index is 520. The lowest BCUT2D eigenvalue weighted by Crippen LogP contribution is -2.13. The molecule has 100 valence electrons. The van der Waals surface area contributed by atoms with Gasteiger partial charge in [-0.1, -0.05) is 19.1 Å². The van der Waals surface area contributed by atoms with Gasteiger partial charge in [0.2, 0.25) is 11.9 Å². The van der Waals surface area contributed by atoms with Crippen LogP contribution in [-0.4, -0.2) is 22.1 Å². The molecule has 2 aromatic rings. The summed E-state index contributed by atoms with van der Waals surface area (Å²) in [6.45, 7) is 2.11. The third-order valence-corrected chi connectivity index (χ3v) is 2.54. The Kier molecular flexibility index (Phi) is 4.09. The number of nitrogens with zero attached hydrogens (tertiary/aromatic N) is 3. The molecule has 0 aliphatic rings. The first-order valence-electron chi connectivity index (χ1n) is 5.87. The third-order valence-electron chi connectivity index (χ3n) is 2.54. The van der Waals surface area contributed by atoms with Crippen LogP contribution in [0.5, 0.6) is 6.01 Å². The number of ether oxygens (including phenoxy) is 1. The fraction of sp³-hybridized carbons (Fsp3) is 0.250. The molecule has 1 heterocycles. The molecule has 0 atom stereocenters. The highest BCUT2D eigenvalue weighted by atomic mass is 16.5. The number of nitrogens with one attached hydrogen (secondary N) is 2. The summed E-state index contributed by atoms with van der Waals surface area (Å²) in [6, 6.07) is 8.21. The summed E-state index contributed by atoms with van der Waals surface area (Å²) >= 11 is 0. The normalized spacial score (nSPS) is 10.1. The fourth-order valence-corrected chi connectivity index (χ4v) is 1.52. The highest BCUT2D eigenvalue weighted by molar-refractivity contribution is 5.54. The van der Waals surface area contributed by atoms with Gasteiger partial charge in [-0.2, -0.15) is 15.0 Å². The molecule has 0 fully saturated rings. The maximum Gasteiger partial charge on any atom is 0.322 e. The number of nitrogen functional groups attached to an aromatic ring is 1. The second-order valence-corrected chi connectivity index (χ2v) is 3.79. The smallest absolute Gasteiger partial charge is 0.322 e. The zero-order valence-corrected chi connectivity index (χ0v) is 10.8. The Morgan fingerprint density at radius 2 is 1.79 bits per heavy atom. The molecule has 0 amide bonds. The van der Waals surface area contributed by atoms with Gasteiger partial charge in [-0.05, 0) is 24.1 Å². The first-order chi connectivity index (χ1) is 9.25. The van der Waals surface area contributed by atoms with Crippen LogP contribution in [0.1, 0.15) is 12.5 Å². The number of hydrazine groups is 1. The molecular weight excluding hydrogens is 244 g/mol. The van der Waals surface area contributed by atoms with Gasteiger partial charge in [0.25, 0.3) is 0 Å². The number of benzene rings is 1. The van der Waals surface area contributed by atoms with E-state index < -0.39 is 0 Å². The molecule has 0 aliphatic carbocycles. The van der Waals surface area contributed by atoms with Crippen LogP contribution in [0.3, 0.4) is 0 Å². The van der Waals surface area contributed by atoms with Crippen molar-refractivity contribution in [3.63, 3.8) is 0 Å². The highest BCUT2D eigenvalue weighted by Crippen LogP contribution is 2.16. The molecule has 2 rings (SSSR count). The van der Waals surface area contributed by atoms with Crippen LogP contribution in [0.2, 0.25) is 0 Å². The summed E-state index contributed by atoms with van der Waals surface area (Å²) in [5.74, 6) is 5.89.